The highest BCUT2D eigenvalue weighted by molar-refractivity contribution is 6.30. The standard InChI is InChI=1S/C22H24Cl2N2O4/c23-14-1-5-17(6-2-14)29-12-16(27)9-26-10-19-20(11-26)22(19)25-21(28)13-30-18-7-3-15(24)4-8-18/h1-8,16,19-20,22,27H,9-13H2,(H,25,28)/t16?,19-,20+,22-. The second-order valence-corrected chi connectivity index (χ2v) is 8.67. The van der Waals surface area contributed by atoms with E-state index >= 15 is 0 Å². The number of amides is 1. The Morgan fingerprint density at radius 2 is 1.53 bits per heavy atom. The van der Waals surface area contributed by atoms with Gasteiger partial charge in [0.1, 0.15) is 24.2 Å². The smallest absolute Gasteiger partial charge is 0.258 e. The van der Waals surface area contributed by atoms with Crippen LogP contribution in [0.25, 0.3) is 0 Å². The second kappa shape index (κ2) is 9.43. The van der Waals surface area contributed by atoms with Crippen molar-refractivity contribution in [2.75, 3.05) is 32.8 Å². The lowest BCUT2D eigenvalue weighted by molar-refractivity contribution is -0.123. The molecule has 1 saturated heterocycles. The van der Waals surface area contributed by atoms with Crippen molar-refractivity contribution in [1.29, 1.82) is 0 Å². The van der Waals surface area contributed by atoms with Gasteiger partial charge in [0.05, 0.1) is 0 Å². The molecule has 1 heterocycles. The van der Waals surface area contributed by atoms with Crippen LogP contribution < -0.4 is 14.8 Å². The number of hydrogen-bond donors (Lipinski definition) is 2. The van der Waals surface area contributed by atoms with Crippen molar-refractivity contribution in [2.45, 2.75) is 12.1 Å². The topological polar surface area (TPSA) is 71.0 Å². The molecule has 1 saturated carbocycles. The molecule has 2 aromatic carbocycles. The van der Waals surface area contributed by atoms with E-state index in [4.69, 9.17) is 32.7 Å². The summed E-state index contributed by atoms with van der Waals surface area (Å²) < 4.78 is 11.1. The Balaban J connectivity index is 1.12. The van der Waals surface area contributed by atoms with Gasteiger partial charge in [-0.3, -0.25) is 9.69 Å². The number of nitrogens with zero attached hydrogens (tertiary/aromatic N) is 1. The summed E-state index contributed by atoms with van der Waals surface area (Å²) in [6, 6.07) is 14.2. The fraction of sp³-hybridized carbons (Fsp3) is 0.409. The molecule has 0 aromatic heterocycles. The van der Waals surface area contributed by atoms with Gasteiger partial charge in [0.2, 0.25) is 0 Å². The van der Waals surface area contributed by atoms with Gasteiger partial charge in [0.15, 0.2) is 6.61 Å². The predicted octanol–water partition coefficient (Wildman–Crippen LogP) is 2.86. The molecule has 160 valence electrons. The van der Waals surface area contributed by atoms with Crippen LogP contribution in [0.2, 0.25) is 10.0 Å². The van der Waals surface area contributed by atoms with E-state index in [-0.39, 0.29) is 25.2 Å². The van der Waals surface area contributed by atoms with Gasteiger partial charge >= 0.3 is 0 Å². The van der Waals surface area contributed by atoms with Crippen LogP contribution in [0, 0.1) is 11.8 Å². The summed E-state index contributed by atoms with van der Waals surface area (Å²) in [7, 11) is 0. The molecule has 1 amide bonds. The number of ether oxygens (including phenoxy) is 2. The molecule has 8 heteroatoms. The molecule has 2 aromatic rings. The lowest BCUT2D eigenvalue weighted by Gasteiger charge is -2.23. The quantitative estimate of drug-likeness (QED) is 0.614. The van der Waals surface area contributed by atoms with E-state index in [2.05, 4.69) is 10.2 Å². The van der Waals surface area contributed by atoms with Gasteiger partial charge in [-0.05, 0) is 60.4 Å². The molecule has 2 N–H and O–H groups in total. The summed E-state index contributed by atoms with van der Waals surface area (Å²) >= 11 is 11.7. The van der Waals surface area contributed by atoms with Gasteiger partial charge in [-0.1, -0.05) is 23.2 Å². The molecule has 1 aliphatic heterocycles. The fourth-order valence-electron chi connectivity index (χ4n) is 3.96. The van der Waals surface area contributed by atoms with Crippen molar-refractivity contribution in [3.05, 3.63) is 58.6 Å². The number of hydrogen-bond acceptors (Lipinski definition) is 5. The second-order valence-electron chi connectivity index (χ2n) is 7.80. The first-order chi connectivity index (χ1) is 14.5. The highest BCUT2D eigenvalue weighted by Gasteiger charge is 2.56. The van der Waals surface area contributed by atoms with Crippen LogP contribution in [-0.2, 0) is 4.79 Å². The molecule has 0 radical (unpaired) electrons. The first-order valence-electron chi connectivity index (χ1n) is 9.94. The van der Waals surface area contributed by atoms with Crippen molar-refractivity contribution in [1.82, 2.24) is 10.2 Å². The summed E-state index contributed by atoms with van der Waals surface area (Å²) in [6.45, 7) is 2.51. The van der Waals surface area contributed by atoms with Crippen molar-refractivity contribution >= 4 is 29.1 Å². The lowest BCUT2D eigenvalue weighted by atomic mass is 10.3. The third-order valence-electron chi connectivity index (χ3n) is 5.51. The summed E-state index contributed by atoms with van der Waals surface area (Å²) in [5.74, 6) is 2.06. The number of carbonyl (C=O) groups is 1. The zero-order valence-electron chi connectivity index (χ0n) is 16.3. The normalized spacial score (nSPS) is 23.5. The molecule has 30 heavy (non-hydrogen) atoms. The molecule has 2 fully saturated rings. The van der Waals surface area contributed by atoms with Crippen molar-refractivity contribution < 1.29 is 19.4 Å². The highest BCUT2D eigenvalue weighted by atomic mass is 35.5. The largest absolute Gasteiger partial charge is 0.491 e. The van der Waals surface area contributed by atoms with Crippen molar-refractivity contribution in [3.8, 4) is 11.5 Å². The van der Waals surface area contributed by atoms with Gasteiger partial charge in [-0.25, -0.2) is 0 Å². The number of halogens is 2. The van der Waals surface area contributed by atoms with Gasteiger partial charge in [0, 0.05) is 35.7 Å². The number of likely N-dealkylation sites (tertiary alicyclic amines) is 1. The van der Waals surface area contributed by atoms with E-state index < -0.39 is 6.10 Å². The number of fused-ring (bicyclic) bond motifs is 1. The molecule has 0 spiro atoms. The maximum atomic E-state index is 12.1. The number of piperidine rings is 1. The van der Waals surface area contributed by atoms with Crippen LogP contribution in [0.1, 0.15) is 0 Å². The summed E-state index contributed by atoms with van der Waals surface area (Å²) in [5, 5.41) is 14.6. The van der Waals surface area contributed by atoms with Crippen molar-refractivity contribution in [2.24, 2.45) is 11.8 Å². The minimum atomic E-state index is -0.570. The first-order valence-corrected chi connectivity index (χ1v) is 10.7. The molecule has 4 atom stereocenters. The van der Waals surface area contributed by atoms with E-state index in [1.165, 1.54) is 0 Å². The Labute approximate surface area is 185 Å². The molecule has 4 rings (SSSR count). The van der Waals surface area contributed by atoms with Crippen LogP contribution in [-0.4, -0.2) is 60.9 Å². The van der Waals surface area contributed by atoms with E-state index in [1.807, 2.05) is 0 Å². The van der Waals surface area contributed by atoms with Crippen LogP contribution in [0.5, 0.6) is 11.5 Å². The van der Waals surface area contributed by atoms with E-state index in [9.17, 15) is 9.90 Å². The summed E-state index contributed by atoms with van der Waals surface area (Å²) in [6.07, 6.45) is -0.570. The molecule has 1 aliphatic carbocycles. The van der Waals surface area contributed by atoms with Gasteiger partial charge in [0.25, 0.3) is 5.91 Å². The van der Waals surface area contributed by atoms with Gasteiger partial charge in [-0.2, -0.15) is 0 Å². The average molecular weight is 451 g/mol. The lowest BCUT2D eigenvalue weighted by Crippen LogP contribution is -2.40. The molecular weight excluding hydrogens is 427 g/mol. The van der Waals surface area contributed by atoms with Gasteiger partial charge in [-0.15, -0.1) is 0 Å². The SMILES string of the molecule is O=C(COc1ccc(Cl)cc1)N[C@@H]1[C@@H]2CN(CC(O)COc3ccc(Cl)cc3)C[C@@H]21. The molecule has 0 bridgehead atoms. The zero-order valence-corrected chi connectivity index (χ0v) is 17.9. The molecule has 6 nitrogen and oxygen atoms in total. The minimum Gasteiger partial charge on any atom is -0.491 e. The Morgan fingerprint density at radius 1 is 1.00 bits per heavy atom. The van der Waals surface area contributed by atoms with Crippen LogP contribution in [0.4, 0.5) is 0 Å². The first kappa shape index (κ1) is 21.2. The van der Waals surface area contributed by atoms with Crippen LogP contribution in [0.3, 0.4) is 0 Å². The maximum absolute atomic E-state index is 12.1. The molecule has 1 unspecified atom stereocenters. The monoisotopic (exact) mass is 450 g/mol. The van der Waals surface area contributed by atoms with E-state index in [0.717, 1.165) is 13.1 Å². The Morgan fingerprint density at radius 3 is 2.10 bits per heavy atom. The van der Waals surface area contributed by atoms with Gasteiger partial charge < -0.3 is 19.9 Å². The Bertz CT molecular complexity index is 850. The number of aliphatic hydroxyl groups excluding tert-OH is 1. The van der Waals surface area contributed by atoms with E-state index in [0.29, 0.717) is 39.9 Å². The van der Waals surface area contributed by atoms with E-state index in [1.54, 1.807) is 48.5 Å². The number of β-amino-alcohol motifs (C(OH)–C–C–N with tert-alkyl or cyclic N) is 1. The Hall–Kier alpha value is -1.99. The molecule has 2 aliphatic rings. The Kier molecular flexibility index (Phi) is 6.68. The predicted molar refractivity (Wildman–Crippen MR) is 115 cm³/mol. The summed E-state index contributed by atoms with van der Waals surface area (Å²) in [4.78, 5) is 14.3. The van der Waals surface area contributed by atoms with Crippen LogP contribution >= 0.6 is 23.2 Å². The number of carbonyl (C=O) groups excluding carboxylic acids is 1. The highest BCUT2D eigenvalue weighted by Crippen LogP contribution is 2.45. The number of rotatable bonds is 9. The number of aliphatic hydroxyl groups is 1. The zero-order chi connectivity index (χ0) is 21.1. The number of nitrogens with one attached hydrogen (secondary N) is 1. The minimum absolute atomic E-state index is 0.0119. The average Bonchev–Trinajstić information content (AvgIpc) is 3.16. The van der Waals surface area contributed by atoms with Crippen LogP contribution in [0.15, 0.2) is 48.5 Å². The number of benzene rings is 2. The summed E-state index contributed by atoms with van der Waals surface area (Å²) in [5.41, 5.74) is 0. The van der Waals surface area contributed by atoms with Crippen molar-refractivity contribution in [3.63, 3.8) is 0 Å². The fourth-order valence-corrected chi connectivity index (χ4v) is 4.21. The molecular formula is C22H24Cl2N2O4. The third-order valence-corrected chi connectivity index (χ3v) is 6.01. The third kappa shape index (κ3) is 5.58. The maximum Gasteiger partial charge on any atom is 0.258 e.